The van der Waals surface area contributed by atoms with E-state index in [2.05, 4.69) is 15.9 Å². The molecular weight excluding hydrogens is 277 g/mol. The number of halogens is 3. The summed E-state index contributed by atoms with van der Waals surface area (Å²) in [4.78, 5) is 0. The first-order valence-corrected chi connectivity index (χ1v) is 5.22. The van der Waals surface area contributed by atoms with E-state index in [1.807, 2.05) is 0 Å². The normalized spacial score (nSPS) is 19.8. The molecule has 1 heterocycles. The van der Waals surface area contributed by atoms with Gasteiger partial charge >= 0.3 is 0 Å². The number of hydrogen-bond acceptors (Lipinski definition) is 2. The van der Waals surface area contributed by atoms with Gasteiger partial charge in [-0.1, -0.05) is 23.2 Å². The summed E-state index contributed by atoms with van der Waals surface area (Å²) in [6.07, 6.45) is 0. The number of rotatable bonds is 0. The van der Waals surface area contributed by atoms with Gasteiger partial charge in [0.1, 0.15) is 12.4 Å². The molecule has 0 aliphatic carbocycles. The topological polar surface area (TPSA) is 35.2 Å². The van der Waals surface area contributed by atoms with E-state index in [1.165, 1.54) is 0 Å². The third-order valence-electron chi connectivity index (χ3n) is 1.94. The van der Waals surface area contributed by atoms with Gasteiger partial charge in [-0.3, -0.25) is 0 Å². The van der Waals surface area contributed by atoms with Crippen molar-refractivity contribution in [3.05, 3.63) is 26.1 Å². The third kappa shape index (κ3) is 1.44. The molecule has 0 bridgehead atoms. The lowest BCUT2D eigenvalue weighted by Crippen LogP contribution is -2.11. The van der Waals surface area contributed by atoms with Crippen LogP contribution >= 0.6 is 39.1 Å². The minimum atomic E-state index is -0.183. The SMILES string of the molecule is NC1COc2c(Cl)cc(Br)c(Cl)c21. The Bertz CT molecular complexity index is 370. The highest BCUT2D eigenvalue weighted by atomic mass is 79.9. The maximum atomic E-state index is 6.04. The van der Waals surface area contributed by atoms with Crippen LogP contribution in [0, 0.1) is 0 Å². The second-order valence-electron chi connectivity index (χ2n) is 2.81. The van der Waals surface area contributed by atoms with Crippen molar-refractivity contribution in [3.8, 4) is 5.75 Å². The van der Waals surface area contributed by atoms with Crippen LogP contribution < -0.4 is 10.5 Å². The van der Waals surface area contributed by atoms with E-state index >= 15 is 0 Å². The average Bonchev–Trinajstić information content (AvgIpc) is 2.44. The molecule has 2 rings (SSSR count). The molecule has 1 aromatic rings. The fraction of sp³-hybridized carbons (Fsp3) is 0.250. The minimum absolute atomic E-state index is 0.183. The zero-order valence-electron chi connectivity index (χ0n) is 6.48. The van der Waals surface area contributed by atoms with Crippen LogP contribution in [0.5, 0.6) is 5.75 Å². The van der Waals surface area contributed by atoms with Gasteiger partial charge in [-0.05, 0) is 22.0 Å². The smallest absolute Gasteiger partial charge is 0.144 e. The zero-order chi connectivity index (χ0) is 9.59. The number of fused-ring (bicyclic) bond motifs is 1. The monoisotopic (exact) mass is 281 g/mol. The highest BCUT2D eigenvalue weighted by Gasteiger charge is 2.27. The van der Waals surface area contributed by atoms with Gasteiger partial charge in [0.25, 0.3) is 0 Å². The molecule has 0 fully saturated rings. The van der Waals surface area contributed by atoms with Crippen molar-refractivity contribution in [3.63, 3.8) is 0 Å². The molecule has 1 aromatic carbocycles. The summed E-state index contributed by atoms with van der Waals surface area (Å²) in [7, 11) is 0. The maximum absolute atomic E-state index is 6.04. The Kier molecular flexibility index (Phi) is 2.45. The molecule has 70 valence electrons. The van der Waals surface area contributed by atoms with Crippen LogP contribution in [-0.2, 0) is 0 Å². The van der Waals surface area contributed by atoms with Gasteiger partial charge in [-0.25, -0.2) is 0 Å². The molecule has 1 aliphatic rings. The second kappa shape index (κ2) is 3.31. The second-order valence-corrected chi connectivity index (χ2v) is 4.45. The van der Waals surface area contributed by atoms with Gasteiger partial charge in [0, 0.05) is 10.0 Å². The largest absolute Gasteiger partial charge is 0.490 e. The molecule has 5 heteroatoms. The first-order chi connectivity index (χ1) is 6.11. The quantitative estimate of drug-likeness (QED) is 0.742. The molecule has 0 amide bonds. The molecule has 1 unspecified atom stereocenters. The Labute approximate surface area is 94.1 Å². The average molecular weight is 283 g/mol. The fourth-order valence-corrected chi connectivity index (χ4v) is 2.45. The molecule has 13 heavy (non-hydrogen) atoms. The Morgan fingerprint density at radius 1 is 1.54 bits per heavy atom. The van der Waals surface area contributed by atoms with Crippen LogP contribution in [0.4, 0.5) is 0 Å². The minimum Gasteiger partial charge on any atom is -0.490 e. The zero-order valence-corrected chi connectivity index (χ0v) is 9.58. The molecule has 0 radical (unpaired) electrons. The van der Waals surface area contributed by atoms with Crippen molar-refractivity contribution in [1.82, 2.24) is 0 Å². The summed E-state index contributed by atoms with van der Waals surface area (Å²) < 4.78 is 6.06. The Hall–Kier alpha value is 0.0400. The lowest BCUT2D eigenvalue weighted by atomic mass is 10.1. The molecule has 0 spiro atoms. The van der Waals surface area contributed by atoms with Crippen LogP contribution in [-0.4, -0.2) is 6.61 Å². The van der Waals surface area contributed by atoms with Crippen LogP contribution in [0.2, 0.25) is 10.0 Å². The number of hydrogen-bond donors (Lipinski definition) is 1. The predicted octanol–water partition coefficient (Wildman–Crippen LogP) is 3.15. The maximum Gasteiger partial charge on any atom is 0.144 e. The molecule has 2 nitrogen and oxygen atoms in total. The summed E-state index contributed by atoms with van der Waals surface area (Å²) in [5, 5.41) is 1.13. The first-order valence-electron chi connectivity index (χ1n) is 3.67. The van der Waals surface area contributed by atoms with Gasteiger partial charge < -0.3 is 10.5 Å². The van der Waals surface area contributed by atoms with Crippen LogP contribution in [0.15, 0.2) is 10.5 Å². The van der Waals surface area contributed by atoms with Gasteiger partial charge in [-0.15, -0.1) is 0 Å². The molecule has 0 saturated carbocycles. The van der Waals surface area contributed by atoms with Crippen molar-refractivity contribution in [2.45, 2.75) is 6.04 Å². The van der Waals surface area contributed by atoms with Gasteiger partial charge in [0.2, 0.25) is 0 Å². The molecular formula is C8H6BrCl2NO. The van der Waals surface area contributed by atoms with E-state index in [0.717, 1.165) is 10.0 Å². The fourth-order valence-electron chi connectivity index (χ4n) is 1.33. The van der Waals surface area contributed by atoms with Crippen LogP contribution in [0.25, 0.3) is 0 Å². The molecule has 1 aliphatic heterocycles. The summed E-state index contributed by atoms with van der Waals surface area (Å²) in [5.74, 6) is 0.613. The Balaban J connectivity index is 2.70. The Morgan fingerprint density at radius 2 is 2.23 bits per heavy atom. The summed E-state index contributed by atoms with van der Waals surface area (Å²) in [6, 6.07) is 1.53. The summed E-state index contributed by atoms with van der Waals surface area (Å²) in [6.45, 7) is 0.436. The summed E-state index contributed by atoms with van der Waals surface area (Å²) >= 11 is 15.3. The van der Waals surface area contributed by atoms with Gasteiger partial charge in [-0.2, -0.15) is 0 Å². The van der Waals surface area contributed by atoms with Crippen molar-refractivity contribution < 1.29 is 4.74 Å². The Morgan fingerprint density at radius 3 is 2.92 bits per heavy atom. The van der Waals surface area contributed by atoms with E-state index in [1.54, 1.807) is 6.07 Å². The van der Waals surface area contributed by atoms with E-state index in [9.17, 15) is 0 Å². The lowest BCUT2D eigenvalue weighted by Gasteiger charge is -2.07. The molecule has 1 atom stereocenters. The van der Waals surface area contributed by atoms with E-state index in [0.29, 0.717) is 22.4 Å². The van der Waals surface area contributed by atoms with Crippen molar-refractivity contribution in [2.24, 2.45) is 5.73 Å². The molecule has 2 N–H and O–H groups in total. The van der Waals surface area contributed by atoms with E-state index in [-0.39, 0.29) is 6.04 Å². The summed E-state index contributed by atoms with van der Waals surface area (Å²) in [5.41, 5.74) is 6.59. The van der Waals surface area contributed by atoms with Crippen LogP contribution in [0.3, 0.4) is 0 Å². The number of benzene rings is 1. The van der Waals surface area contributed by atoms with E-state index < -0.39 is 0 Å². The lowest BCUT2D eigenvalue weighted by molar-refractivity contribution is 0.333. The highest BCUT2D eigenvalue weighted by molar-refractivity contribution is 9.10. The standard InChI is InChI=1S/C8H6BrCl2NO/c9-3-1-4(10)8-6(7(3)11)5(12)2-13-8/h1,5H,2,12H2. The highest BCUT2D eigenvalue weighted by Crippen LogP contribution is 2.45. The van der Waals surface area contributed by atoms with Crippen molar-refractivity contribution in [2.75, 3.05) is 6.61 Å². The van der Waals surface area contributed by atoms with Crippen molar-refractivity contribution >= 4 is 39.1 Å². The first kappa shape index (κ1) is 9.59. The molecule has 0 aromatic heterocycles. The van der Waals surface area contributed by atoms with E-state index in [4.69, 9.17) is 33.7 Å². The molecule has 0 saturated heterocycles. The predicted molar refractivity (Wildman–Crippen MR) is 56.6 cm³/mol. The van der Waals surface area contributed by atoms with Gasteiger partial charge in [0.05, 0.1) is 16.1 Å². The number of ether oxygens (including phenoxy) is 1. The van der Waals surface area contributed by atoms with Crippen molar-refractivity contribution in [1.29, 1.82) is 0 Å². The van der Waals surface area contributed by atoms with Crippen LogP contribution in [0.1, 0.15) is 11.6 Å². The third-order valence-corrected chi connectivity index (χ3v) is 3.48. The van der Waals surface area contributed by atoms with Gasteiger partial charge in [0.15, 0.2) is 0 Å². The number of nitrogens with two attached hydrogens (primary N) is 1.